The quantitative estimate of drug-likeness (QED) is 0.890. The standard InChI is InChI=1S/C14H23N3O3S/c1-10-14(11(2)20-16-10)21(18,19)17-7-5-13(6-8-17)15-9-12-3-4-12/h12-13,15H,3-9H2,1-2H3. The van der Waals surface area contributed by atoms with Crippen molar-refractivity contribution in [1.82, 2.24) is 14.8 Å². The molecule has 1 saturated heterocycles. The average Bonchev–Trinajstić information content (AvgIpc) is 3.22. The number of nitrogens with zero attached hydrogens (tertiary/aromatic N) is 2. The predicted molar refractivity (Wildman–Crippen MR) is 78.5 cm³/mol. The molecular weight excluding hydrogens is 290 g/mol. The minimum Gasteiger partial charge on any atom is -0.360 e. The Labute approximate surface area is 125 Å². The Morgan fingerprint density at radius 1 is 1.24 bits per heavy atom. The molecular formula is C14H23N3O3S. The van der Waals surface area contributed by atoms with Crippen LogP contribution in [0.3, 0.4) is 0 Å². The SMILES string of the molecule is Cc1noc(C)c1S(=O)(=O)N1CCC(NCC2CC2)CC1. The zero-order valence-corrected chi connectivity index (χ0v) is 13.4. The third kappa shape index (κ3) is 3.14. The van der Waals surface area contributed by atoms with Crippen LogP contribution in [-0.2, 0) is 10.0 Å². The highest BCUT2D eigenvalue weighted by Gasteiger charge is 2.34. The van der Waals surface area contributed by atoms with Crippen molar-refractivity contribution in [2.75, 3.05) is 19.6 Å². The van der Waals surface area contributed by atoms with E-state index in [2.05, 4.69) is 10.5 Å². The Balaban J connectivity index is 1.62. The lowest BCUT2D eigenvalue weighted by molar-refractivity contribution is 0.287. The van der Waals surface area contributed by atoms with Crippen LogP contribution in [0.4, 0.5) is 0 Å². The Morgan fingerprint density at radius 3 is 2.43 bits per heavy atom. The van der Waals surface area contributed by atoms with E-state index in [0.717, 1.165) is 25.3 Å². The fourth-order valence-corrected chi connectivity index (χ4v) is 4.69. The van der Waals surface area contributed by atoms with E-state index in [1.54, 1.807) is 18.2 Å². The molecule has 3 rings (SSSR count). The summed E-state index contributed by atoms with van der Waals surface area (Å²) in [5.74, 6) is 1.23. The second kappa shape index (κ2) is 5.70. The molecule has 0 spiro atoms. The van der Waals surface area contributed by atoms with Gasteiger partial charge in [0.1, 0.15) is 10.6 Å². The van der Waals surface area contributed by atoms with Crippen molar-refractivity contribution < 1.29 is 12.9 Å². The van der Waals surface area contributed by atoms with E-state index >= 15 is 0 Å². The van der Waals surface area contributed by atoms with Crippen LogP contribution >= 0.6 is 0 Å². The third-order valence-electron chi connectivity index (χ3n) is 4.41. The lowest BCUT2D eigenvalue weighted by atomic mass is 10.1. The van der Waals surface area contributed by atoms with E-state index in [0.29, 0.717) is 30.6 Å². The van der Waals surface area contributed by atoms with Gasteiger partial charge < -0.3 is 9.84 Å². The van der Waals surface area contributed by atoms with Crippen LogP contribution in [0.1, 0.15) is 37.1 Å². The molecule has 118 valence electrons. The van der Waals surface area contributed by atoms with Gasteiger partial charge in [0.25, 0.3) is 0 Å². The summed E-state index contributed by atoms with van der Waals surface area (Å²) < 4.78 is 31.9. The summed E-state index contributed by atoms with van der Waals surface area (Å²) in [5, 5.41) is 7.32. The number of aryl methyl sites for hydroxylation is 2. The van der Waals surface area contributed by atoms with Gasteiger partial charge in [0.05, 0.1) is 0 Å². The second-order valence-corrected chi connectivity index (χ2v) is 8.06. The zero-order chi connectivity index (χ0) is 15.0. The van der Waals surface area contributed by atoms with Crippen LogP contribution in [0, 0.1) is 19.8 Å². The Hall–Kier alpha value is -0.920. The lowest BCUT2D eigenvalue weighted by Gasteiger charge is -2.31. The second-order valence-electron chi connectivity index (χ2n) is 6.18. The monoisotopic (exact) mass is 313 g/mol. The molecule has 21 heavy (non-hydrogen) atoms. The number of nitrogens with one attached hydrogen (secondary N) is 1. The van der Waals surface area contributed by atoms with Gasteiger partial charge in [-0.2, -0.15) is 4.31 Å². The summed E-state index contributed by atoms with van der Waals surface area (Å²) in [6.07, 6.45) is 4.42. The molecule has 1 aliphatic heterocycles. The number of aromatic nitrogens is 1. The maximum absolute atomic E-state index is 12.7. The minimum absolute atomic E-state index is 0.242. The molecule has 0 unspecified atom stereocenters. The summed E-state index contributed by atoms with van der Waals surface area (Å²) in [6.45, 7) is 5.54. The fourth-order valence-electron chi connectivity index (χ4n) is 2.93. The van der Waals surface area contributed by atoms with Crippen LogP contribution < -0.4 is 5.32 Å². The first-order chi connectivity index (χ1) is 9.98. The van der Waals surface area contributed by atoms with Crippen molar-refractivity contribution in [3.05, 3.63) is 11.5 Å². The molecule has 0 aromatic carbocycles. The van der Waals surface area contributed by atoms with Gasteiger partial charge in [-0.25, -0.2) is 8.42 Å². The molecule has 2 aliphatic rings. The highest BCUT2D eigenvalue weighted by atomic mass is 32.2. The largest absolute Gasteiger partial charge is 0.360 e. The van der Waals surface area contributed by atoms with Crippen molar-refractivity contribution in [3.8, 4) is 0 Å². The van der Waals surface area contributed by atoms with Crippen molar-refractivity contribution in [2.24, 2.45) is 5.92 Å². The molecule has 1 aromatic heterocycles. The molecule has 7 heteroatoms. The average molecular weight is 313 g/mol. The maximum Gasteiger partial charge on any atom is 0.248 e. The van der Waals surface area contributed by atoms with Crippen molar-refractivity contribution in [3.63, 3.8) is 0 Å². The summed E-state index contributed by atoms with van der Waals surface area (Å²) in [4.78, 5) is 0.242. The van der Waals surface area contributed by atoms with Crippen molar-refractivity contribution in [2.45, 2.75) is 50.5 Å². The molecule has 0 atom stereocenters. The van der Waals surface area contributed by atoms with Gasteiger partial charge in [0.2, 0.25) is 10.0 Å². The smallest absolute Gasteiger partial charge is 0.248 e. The van der Waals surface area contributed by atoms with Gasteiger partial charge in [-0.15, -0.1) is 0 Å². The van der Waals surface area contributed by atoms with Crippen molar-refractivity contribution in [1.29, 1.82) is 0 Å². The summed E-state index contributed by atoms with van der Waals surface area (Å²) in [6, 6.07) is 0.446. The molecule has 2 heterocycles. The third-order valence-corrected chi connectivity index (χ3v) is 6.56. The number of hydrogen-bond donors (Lipinski definition) is 1. The molecule has 1 N–H and O–H groups in total. The highest BCUT2D eigenvalue weighted by Crippen LogP contribution is 2.29. The molecule has 2 fully saturated rings. The molecule has 1 saturated carbocycles. The van der Waals surface area contributed by atoms with Crippen LogP contribution in [-0.4, -0.2) is 43.6 Å². The normalized spacial score (nSPS) is 21.8. The first-order valence-electron chi connectivity index (χ1n) is 7.65. The Bertz CT molecular complexity index is 579. The Kier molecular flexibility index (Phi) is 4.07. The summed E-state index contributed by atoms with van der Waals surface area (Å²) in [5.41, 5.74) is 0.446. The molecule has 0 amide bonds. The number of rotatable bonds is 5. The number of sulfonamides is 1. The first-order valence-corrected chi connectivity index (χ1v) is 9.09. The fraction of sp³-hybridized carbons (Fsp3) is 0.786. The molecule has 1 aliphatic carbocycles. The van der Waals surface area contributed by atoms with Gasteiger partial charge in [-0.1, -0.05) is 5.16 Å². The van der Waals surface area contributed by atoms with Gasteiger partial charge in [-0.3, -0.25) is 0 Å². The zero-order valence-electron chi connectivity index (χ0n) is 12.6. The predicted octanol–water partition coefficient (Wildman–Crippen LogP) is 1.44. The minimum atomic E-state index is -3.47. The van der Waals surface area contributed by atoms with Crippen LogP contribution in [0.15, 0.2) is 9.42 Å². The Morgan fingerprint density at radius 2 is 1.90 bits per heavy atom. The van der Waals surface area contributed by atoms with Crippen LogP contribution in [0.5, 0.6) is 0 Å². The van der Waals surface area contributed by atoms with Crippen LogP contribution in [0.2, 0.25) is 0 Å². The molecule has 0 bridgehead atoms. The van der Waals surface area contributed by atoms with Gasteiger partial charge in [-0.05, 0) is 52.0 Å². The highest BCUT2D eigenvalue weighted by molar-refractivity contribution is 7.89. The van der Waals surface area contributed by atoms with E-state index < -0.39 is 10.0 Å². The van der Waals surface area contributed by atoms with E-state index in [1.807, 2.05) is 0 Å². The topological polar surface area (TPSA) is 75.4 Å². The molecule has 0 radical (unpaired) electrons. The van der Waals surface area contributed by atoms with E-state index in [1.165, 1.54) is 12.8 Å². The molecule has 1 aromatic rings. The van der Waals surface area contributed by atoms with Gasteiger partial charge in [0, 0.05) is 19.1 Å². The maximum atomic E-state index is 12.7. The van der Waals surface area contributed by atoms with Crippen molar-refractivity contribution >= 4 is 10.0 Å². The van der Waals surface area contributed by atoms with E-state index in [-0.39, 0.29) is 4.90 Å². The first kappa shape index (κ1) is 15.0. The van der Waals surface area contributed by atoms with Gasteiger partial charge in [0.15, 0.2) is 5.76 Å². The number of hydrogen-bond acceptors (Lipinski definition) is 5. The number of piperidine rings is 1. The lowest BCUT2D eigenvalue weighted by Crippen LogP contribution is -2.45. The van der Waals surface area contributed by atoms with Crippen LogP contribution in [0.25, 0.3) is 0 Å². The summed E-state index contributed by atoms with van der Waals surface area (Å²) >= 11 is 0. The summed E-state index contributed by atoms with van der Waals surface area (Å²) in [7, 11) is -3.47. The molecule has 6 nitrogen and oxygen atoms in total. The van der Waals surface area contributed by atoms with Gasteiger partial charge >= 0.3 is 0 Å². The van der Waals surface area contributed by atoms with E-state index in [9.17, 15) is 8.42 Å². The van der Waals surface area contributed by atoms with E-state index in [4.69, 9.17) is 4.52 Å².